The van der Waals surface area contributed by atoms with Crippen LogP contribution in [0.5, 0.6) is 5.75 Å². The number of anilines is 2. The minimum atomic E-state index is -0.184. The van der Waals surface area contributed by atoms with Crippen LogP contribution >= 0.6 is 15.9 Å². The summed E-state index contributed by atoms with van der Waals surface area (Å²) >= 11 is 3.47. The van der Waals surface area contributed by atoms with E-state index in [-0.39, 0.29) is 12.5 Å². The van der Waals surface area contributed by atoms with E-state index in [1.807, 2.05) is 49.4 Å². The molecule has 6 heteroatoms. The summed E-state index contributed by atoms with van der Waals surface area (Å²) in [4.78, 5) is 14.6. The summed E-state index contributed by atoms with van der Waals surface area (Å²) in [5.74, 6) is 0.538. The van der Waals surface area contributed by atoms with E-state index >= 15 is 0 Å². The Morgan fingerprint density at radius 3 is 2.76 bits per heavy atom. The molecule has 0 aromatic heterocycles. The van der Waals surface area contributed by atoms with E-state index in [4.69, 9.17) is 9.47 Å². The van der Waals surface area contributed by atoms with E-state index in [1.54, 1.807) is 0 Å². The van der Waals surface area contributed by atoms with Gasteiger partial charge in [0.05, 0.1) is 24.6 Å². The first kappa shape index (κ1) is 17.8. The number of halogens is 1. The predicted octanol–water partition coefficient (Wildman–Crippen LogP) is 3.61. The van der Waals surface area contributed by atoms with Crippen molar-refractivity contribution in [3.8, 4) is 5.75 Å². The molecule has 1 fully saturated rings. The van der Waals surface area contributed by atoms with Gasteiger partial charge in [-0.2, -0.15) is 0 Å². The van der Waals surface area contributed by atoms with E-state index in [9.17, 15) is 4.79 Å². The fourth-order valence-electron chi connectivity index (χ4n) is 2.74. The second kappa shape index (κ2) is 8.36. The van der Waals surface area contributed by atoms with Crippen molar-refractivity contribution in [1.82, 2.24) is 0 Å². The number of morpholine rings is 1. The molecule has 132 valence electrons. The van der Waals surface area contributed by atoms with Gasteiger partial charge in [-0.3, -0.25) is 4.79 Å². The topological polar surface area (TPSA) is 50.8 Å². The standard InChI is InChI=1S/C19H21BrN2O3/c1-14-4-2-3-5-18(14)25-13-19(23)21-16-12-15(20)6-7-17(16)22-8-10-24-11-9-22/h2-7,12H,8-11,13H2,1H3,(H,21,23). The van der Waals surface area contributed by atoms with Crippen LogP contribution in [0.15, 0.2) is 46.9 Å². The zero-order valence-corrected chi connectivity index (χ0v) is 15.7. The molecule has 1 aliphatic rings. The molecule has 0 saturated carbocycles. The van der Waals surface area contributed by atoms with Gasteiger partial charge in [0.25, 0.3) is 5.91 Å². The fraction of sp³-hybridized carbons (Fsp3) is 0.316. The summed E-state index contributed by atoms with van der Waals surface area (Å²) in [6, 6.07) is 13.6. The zero-order chi connectivity index (χ0) is 17.6. The summed E-state index contributed by atoms with van der Waals surface area (Å²) in [5, 5.41) is 2.96. The van der Waals surface area contributed by atoms with Crippen molar-refractivity contribution in [3.63, 3.8) is 0 Å². The maximum absolute atomic E-state index is 12.3. The minimum Gasteiger partial charge on any atom is -0.483 e. The molecular weight excluding hydrogens is 384 g/mol. The molecule has 0 unspecified atom stereocenters. The molecule has 0 bridgehead atoms. The predicted molar refractivity (Wildman–Crippen MR) is 102 cm³/mol. The van der Waals surface area contributed by atoms with Gasteiger partial charge < -0.3 is 19.7 Å². The van der Waals surface area contributed by atoms with Crippen LogP contribution in [-0.2, 0) is 9.53 Å². The first-order valence-electron chi connectivity index (χ1n) is 8.24. The van der Waals surface area contributed by atoms with E-state index in [0.29, 0.717) is 13.2 Å². The van der Waals surface area contributed by atoms with Crippen LogP contribution in [0.4, 0.5) is 11.4 Å². The van der Waals surface area contributed by atoms with Gasteiger partial charge in [-0.15, -0.1) is 0 Å². The molecule has 0 spiro atoms. The van der Waals surface area contributed by atoms with Crippen LogP contribution in [0.2, 0.25) is 0 Å². The van der Waals surface area contributed by atoms with Gasteiger partial charge in [0.15, 0.2) is 6.61 Å². The summed E-state index contributed by atoms with van der Waals surface area (Å²) in [5.41, 5.74) is 2.78. The van der Waals surface area contributed by atoms with Gasteiger partial charge in [-0.05, 0) is 36.8 Å². The van der Waals surface area contributed by atoms with Crippen molar-refractivity contribution < 1.29 is 14.3 Å². The Hall–Kier alpha value is -2.05. The normalized spacial score (nSPS) is 14.2. The van der Waals surface area contributed by atoms with Crippen LogP contribution in [0.1, 0.15) is 5.56 Å². The number of carbonyl (C=O) groups excluding carboxylic acids is 1. The lowest BCUT2D eigenvalue weighted by Gasteiger charge is -2.30. The van der Waals surface area contributed by atoms with Gasteiger partial charge in [-0.1, -0.05) is 34.1 Å². The molecule has 1 amide bonds. The van der Waals surface area contributed by atoms with Crippen molar-refractivity contribution in [3.05, 3.63) is 52.5 Å². The Kier molecular flexibility index (Phi) is 5.94. The lowest BCUT2D eigenvalue weighted by Crippen LogP contribution is -2.37. The van der Waals surface area contributed by atoms with Crippen LogP contribution in [-0.4, -0.2) is 38.8 Å². The number of aryl methyl sites for hydroxylation is 1. The number of ether oxygens (including phenoxy) is 2. The van der Waals surface area contributed by atoms with Gasteiger partial charge in [-0.25, -0.2) is 0 Å². The number of carbonyl (C=O) groups is 1. The number of hydrogen-bond acceptors (Lipinski definition) is 4. The molecule has 1 saturated heterocycles. The first-order valence-corrected chi connectivity index (χ1v) is 9.03. The quantitative estimate of drug-likeness (QED) is 0.826. The Morgan fingerprint density at radius 1 is 1.24 bits per heavy atom. The highest BCUT2D eigenvalue weighted by Gasteiger charge is 2.16. The van der Waals surface area contributed by atoms with Crippen molar-refractivity contribution in [2.45, 2.75) is 6.92 Å². The number of hydrogen-bond donors (Lipinski definition) is 1. The third-order valence-electron chi connectivity index (χ3n) is 4.04. The van der Waals surface area contributed by atoms with Gasteiger partial charge in [0, 0.05) is 17.6 Å². The molecule has 0 atom stereocenters. The average Bonchev–Trinajstić information content (AvgIpc) is 2.62. The highest BCUT2D eigenvalue weighted by molar-refractivity contribution is 9.10. The Morgan fingerprint density at radius 2 is 2.00 bits per heavy atom. The Labute approximate surface area is 156 Å². The lowest BCUT2D eigenvalue weighted by molar-refractivity contribution is -0.118. The molecule has 2 aromatic rings. The monoisotopic (exact) mass is 404 g/mol. The van der Waals surface area contributed by atoms with E-state index in [2.05, 4.69) is 26.1 Å². The highest BCUT2D eigenvalue weighted by atomic mass is 79.9. The molecule has 1 N–H and O–H groups in total. The number of nitrogens with zero attached hydrogens (tertiary/aromatic N) is 1. The molecular formula is C19H21BrN2O3. The van der Waals surface area contributed by atoms with Gasteiger partial charge in [0.2, 0.25) is 0 Å². The first-order chi connectivity index (χ1) is 12.1. The van der Waals surface area contributed by atoms with Crippen LogP contribution < -0.4 is 15.0 Å². The molecule has 1 heterocycles. The summed E-state index contributed by atoms with van der Waals surface area (Å²) in [6.07, 6.45) is 0. The molecule has 3 rings (SSSR count). The number of rotatable bonds is 5. The molecule has 0 radical (unpaired) electrons. The third-order valence-corrected chi connectivity index (χ3v) is 4.53. The lowest BCUT2D eigenvalue weighted by atomic mass is 10.2. The summed E-state index contributed by atoms with van der Waals surface area (Å²) < 4.78 is 12.0. The molecule has 25 heavy (non-hydrogen) atoms. The average molecular weight is 405 g/mol. The molecule has 1 aliphatic heterocycles. The number of amides is 1. The minimum absolute atomic E-state index is 0.0279. The summed E-state index contributed by atoms with van der Waals surface area (Å²) in [6.45, 7) is 4.94. The second-order valence-corrected chi connectivity index (χ2v) is 6.78. The van der Waals surface area contributed by atoms with Crippen molar-refractivity contribution in [2.24, 2.45) is 0 Å². The van der Waals surface area contributed by atoms with E-state index in [1.165, 1.54) is 0 Å². The second-order valence-electron chi connectivity index (χ2n) is 5.86. The highest BCUT2D eigenvalue weighted by Crippen LogP contribution is 2.30. The number of para-hydroxylation sites is 1. The van der Waals surface area contributed by atoms with Crippen molar-refractivity contribution in [2.75, 3.05) is 43.1 Å². The molecule has 0 aliphatic carbocycles. The zero-order valence-electron chi connectivity index (χ0n) is 14.1. The third kappa shape index (κ3) is 4.74. The van der Waals surface area contributed by atoms with Crippen LogP contribution in [0, 0.1) is 6.92 Å². The van der Waals surface area contributed by atoms with Crippen molar-refractivity contribution in [1.29, 1.82) is 0 Å². The maximum Gasteiger partial charge on any atom is 0.262 e. The smallest absolute Gasteiger partial charge is 0.262 e. The van der Waals surface area contributed by atoms with Gasteiger partial charge >= 0.3 is 0 Å². The largest absolute Gasteiger partial charge is 0.483 e. The summed E-state index contributed by atoms with van der Waals surface area (Å²) in [7, 11) is 0. The maximum atomic E-state index is 12.3. The van der Waals surface area contributed by atoms with Crippen LogP contribution in [0.3, 0.4) is 0 Å². The number of benzene rings is 2. The van der Waals surface area contributed by atoms with Crippen molar-refractivity contribution >= 4 is 33.2 Å². The molecule has 2 aromatic carbocycles. The SMILES string of the molecule is Cc1ccccc1OCC(=O)Nc1cc(Br)ccc1N1CCOCC1. The van der Waals surface area contributed by atoms with Gasteiger partial charge in [0.1, 0.15) is 5.75 Å². The van der Waals surface area contributed by atoms with E-state index in [0.717, 1.165) is 40.2 Å². The van der Waals surface area contributed by atoms with Crippen LogP contribution in [0.25, 0.3) is 0 Å². The molecule has 5 nitrogen and oxygen atoms in total. The fourth-order valence-corrected chi connectivity index (χ4v) is 3.10. The Bertz CT molecular complexity index is 745. The van der Waals surface area contributed by atoms with E-state index < -0.39 is 0 Å². The Balaban J connectivity index is 1.68. The number of nitrogens with one attached hydrogen (secondary N) is 1.